The van der Waals surface area contributed by atoms with Crippen LogP contribution in [0.3, 0.4) is 0 Å². The van der Waals surface area contributed by atoms with E-state index < -0.39 is 0 Å². The highest BCUT2D eigenvalue weighted by Crippen LogP contribution is 2.32. The Balaban J connectivity index is 3.19. The standard InChI is InChI=1S/C20H34NO2/c1-6-14-21(3,4)20(12-15-22)19(13-16-23-5)17(2)18-10-8-7-9-11-18/h6-10,14,19-20,22H,11-13,15-16H2,1-5H3/q+1/b14-6-,18-17+. The fourth-order valence-corrected chi connectivity index (χ4v) is 3.61. The van der Waals surface area contributed by atoms with E-state index in [1.807, 2.05) is 0 Å². The van der Waals surface area contributed by atoms with Gasteiger partial charge >= 0.3 is 0 Å². The van der Waals surface area contributed by atoms with Gasteiger partial charge in [0.05, 0.1) is 20.3 Å². The maximum absolute atomic E-state index is 9.63. The normalized spacial score (nSPS) is 20.1. The summed E-state index contributed by atoms with van der Waals surface area (Å²) in [6.45, 7) is 5.26. The van der Waals surface area contributed by atoms with Gasteiger partial charge in [0.2, 0.25) is 0 Å². The molecular weight excluding hydrogens is 286 g/mol. The van der Waals surface area contributed by atoms with Gasteiger partial charge < -0.3 is 9.84 Å². The van der Waals surface area contributed by atoms with E-state index in [1.54, 1.807) is 7.11 Å². The Bertz CT molecular complexity index is 472. The van der Waals surface area contributed by atoms with E-state index in [9.17, 15) is 5.11 Å². The predicted octanol–water partition coefficient (Wildman–Crippen LogP) is 3.83. The summed E-state index contributed by atoms with van der Waals surface area (Å²) < 4.78 is 6.14. The molecule has 0 bridgehead atoms. The number of hydrogen-bond donors (Lipinski definition) is 1. The summed E-state index contributed by atoms with van der Waals surface area (Å²) in [5, 5.41) is 9.63. The molecule has 0 aliphatic heterocycles. The smallest absolute Gasteiger partial charge is 0.102 e. The lowest BCUT2D eigenvalue weighted by atomic mass is 9.82. The second-order valence-electron chi connectivity index (χ2n) is 6.78. The van der Waals surface area contributed by atoms with Crippen LogP contribution < -0.4 is 0 Å². The second kappa shape index (κ2) is 9.86. The Labute approximate surface area is 142 Å². The van der Waals surface area contributed by atoms with Gasteiger partial charge in [-0.3, -0.25) is 4.48 Å². The molecule has 0 saturated carbocycles. The van der Waals surface area contributed by atoms with Gasteiger partial charge in [-0.25, -0.2) is 0 Å². The van der Waals surface area contributed by atoms with E-state index in [-0.39, 0.29) is 6.61 Å². The number of aliphatic hydroxyl groups is 1. The molecule has 2 unspecified atom stereocenters. The molecule has 1 N–H and O–H groups in total. The molecule has 1 aliphatic carbocycles. The number of methoxy groups -OCH3 is 1. The Morgan fingerprint density at radius 2 is 2.09 bits per heavy atom. The number of quaternary nitrogens is 1. The molecule has 1 rings (SSSR count). The summed E-state index contributed by atoms with van der Waals surface area (Å²) in [5.41, 5.74) is 2.83. The lowest BCUT2D eigenvalue weighted by Gasteiger charge is -2.40. The van der Waals surface area contributed by atoms with E-state index in [2.05, 4.69) is 64.5 Å². The first-order valence-electron chi connectivity index (χ1n) is 8.57. The average Bonchev–Trinajstić information content (AvgIpc) is 2.54. The largest absolute Gasteiger partial charge is 0.396 e. The van der Waals surface area contributed by atoms with Crippen LogP contribution in [-0.2, 0) is 4.74 Å². The highest BCUT2D eigenvalue weighted by atomic mass is 16.5. The molecule has 0 heterocycles. The zero-order chi connectivity index (χ0) is 17.3. The van der Waals surface area contributed by atoms with Crippen molar-refractivity contribution in [2.24, 2.45) is 5.92 Å². The first kappa shape index (κ1) is 19.9. The zero-order valence-electron chi connectivity index (χ0n) is 15.5. The van der Waals surface area contributed by atoms with Gasteiger partial charge in [0.25, 0.3) is 0 Å². The lowest BCUT2D eigenvalue weighted by molar-refractivity contribution is -0.870. The van der Waals surface area contributed by atoms with E-state index in [4.69, 9.17) is 4.74 Å². The van der Waals surface area contributed by atoms with Gasteiger partial charge in [0.15, 0.2) is 0 Å². The van der Waals surface area contributed by atoms with Crippen LogP contribution in [0, 0.1) is 5.92 Å². The highest BCUT2D eigenvalue weighted by Gasteiger charge is 2.35. The maximum Gasteiger partial charge on any atom is 0.102 e. The molecule has 130 valence electrons. The average molecular weight is 320 g/mol. The Hall–Kier alpha value is -1.16. The monoisotopic (exact) mass is 320 g/mol. The number of allylic oxidation sites excluding steroid dienone is 6. The zero-order valence-corrected chi connectivity index (χ0v) is 15.5. The van der Waals surface area contributed by atoms with E-state index in [0.29, 0.717) is 12.0 Å². The van der Waals surface area contributed by atoms with Crippen LogP contribution in [0.2, 0.25) is 0 Å². The topological polar surface area (TPSA) is 29.5 Å². The summed E-state index contributed by atoms with van der Waals surface area (Å²) >= 11 is 0. The number of hydrogen-bond acceptors (Lipinski definition) is 2. The van der Waals surface area contributed by atoms with E-state index >= 15 is 0 Å². The minimum absolute atomic E-state index is 0.214. The lowest BCUT2D eigenvalue weighted by Crippen LogP contribution is -2.49. The third-order valence-corrected chi connectivity index (χ3v) is 4.86. The van der Waals surface area contributed by atoms with Gasteiger partial charge in [-0.2, -0.15) is 0 Å². The van der Waals surface area contributed by atoms with Crippen LogP contribution in [0.1, 0.15) is 33.1 Å². The predicted molar refractivity (Wildman–Crippen MR) is 98.0 cm³/mol. The van der Waals surface area contributed by atoms with Crippen molar-refractivity contribution in [2.75, 3.05) is 34.4 Å². The van der Waals surface area contributed by atoms with Crippen molar-refractivity contribution in [1.29, 1.82) is 0 Å². The minimum Gasteiger partial charge on any atom is -0.396 e. The van der Waals surface area contributed by atoms with Crippen LogP contribution in [0.4, 0.5) is 0 Å². The molecule has 2 atom stereocenters. The molecular formula is C20H34NO2+. The van der Waals surface area contributed by atoms with E-state index in [1.165, 1.54) is 11.1 Å². The maximum atomic E-state index is 9.63. The molecule has 0 amide bonds. The first-order valence-corrected chi connectivity index (χ1v) is 8.57. The number of ether oxygens (including phenoxy) is 1. The molecule has 3 heteroatoms. The molecule has 0 fully saturated rings. The van der Waals surface area contributed by atoms with Crippen LogP contribution in [0.25, 0.3) is 0 Å². The highest BCUT2D eigenvalue weighted by molar-refractivity contribution is 5.34. The molecule has 0 radical (unpaired) electrons. The Kier molecular flexibility index (Phi) is 8.53. The number of nitrogens with zero attached hydrogens (tertiary/aromatic N) is 1. The molecule has 0 saturated heterocycles. The third-order valence-electron chi connectivity index (χ3n) is 4.86. The molecule has 23 heavy (non-hydrogen) atoms. The van der Waals surface area contributed by atoms with Crippen molar-refractivity contribution < 1.29 is 14.3 Å². The first-order chi connectivity index (χ1) is 11.0. The molecule has 1 aliphatic rings. The minimum atomic E-state index is 0.214. The van der Waals surface area contributed by atoms with Crippen molar-refractivity contribution in [1.82, 2.24) is 0 Å². The summed E-state index contributed by atoms with van der Waals surface area (Å²) in [6.07, 6.45) is 15.7. The summed E-state index contributed by atoms with van der Waals surface area (Å²) in [7, 11) is 6.19. The Morgan fingerprint density at radius 3 is 2.61 bits per heavy atom. The number of aliphatic hydroxyl groups excluding tert-OH is 1. The third kappa shape index (κ3) is 5.76. The van der Waals surface area contributed by atoms with Crippen molar-refractivity contribution in [3.8, 4) is 0 Å². The number of rotatable bonds is 9. The molecule has 0 spiro atoms. The summed E-state index contributed by atoms with van der Waals surface area (Å²) in [4.78, 5) is 0. The fraction of sp³-hybridized carbons (Fsp3) is 0.600. The molecule has 0 aromatic rings. The fourth-order valence-electron chi connectivity index (χ4n) is 3.61. The van der Waals surface area contributed by atoms with Crippen LogP contribution >= 0.6 is 0 Å². The second-order valence-corrected chi connectivity index (χ2v) is 6.78. The van der Waals surface area contributed by atoms with Gasteiger partial charge in [-0.15, -0.1) is 0 Å². The van der Waals surface area contributed by atoms with Crippen molar-refractivity contribution in [3.63, 3.8) is 0 Å². The Morgan fingerprint density at radius 1 is 1.35 bits per heavy atom. The van der Waals surface area contributed by atoms with Gasteiger partial charge in [0, 0.05) is 32.7 Å². The van der Waals surface area contributed by atoms with Crippen molar-refractivity contribution >= 4 is 0 Å². The SMILES string of the molecule is C/C=C\[N+](C)(C)C(CCO)C(CCOC)/C(C)=C1\C=CC=CC1. The van der Waals surface area contributed by atoms with Crippen LogP contribution in [0.5, 0.6) is 0 Å². The quantitative estimate of drug-likeness (QED) is 0.654. The summed E-state index contributed by atoms with van der Waals surface area (Å²) in [5.74, 6) is 0.388. The van der Waals surface area contributed by atoms with Gasteiger partial charge in [-0.05, 0) is 38.3 Å². The van der Waals surface area contributed by atoms with Crippen molar-refractivity contribution in [2.45, 2.75) is 39.2 Å². The van der Waals surface area contributed by atoms with E-state index in [0.717, 1.165) is 30.4 Å². The molecule has 0 aromatic heterocycles. The van der Waals surface area contributed by atoms with Crippen molar-refractivity contribution in [3.05, 3.63) is 47.7 Å². The van der Waals surface area contributed by atoms with Crippen LogP contribution in [-0.4, -0.2) is 50.1 Å². The van der Waals surface area contributed by atoms with Crippen LogP contribution in [0.15, 0.2) is 47.7 Å². The van der Waals surface area contributed by atoms with Gasteiger partial charge in [-0.1, -0.05) is 29.9 Å². The summed E-state index contributed by atoms with van der Waals surface area (Å²) in [6, 6.07) is 0.332. The molecule has 3 nitrogen and oxygen atoms in total. The van der Waals surface area contributed by atoms with Gasteiger partial charge in [0.1, 0.15) is 6.04 Å². The molecule has 0 aromatic carbocycles.